The Morgan fingerprint density at radius 1 is 1.16 bits per heavy atom. The van der Waals surface area contributed by atoms with Crippen LogP contribution < -0.4 is 10.2 Å². The number of nitrogens with one attached hydrogen (secondary N) is 1. The number of amides is 2. The number of piperazine rings is 1. The molecule has 1 aromatic carbocycles. The van der Waals surface area contributed by atoms with E-state index in [1.54, 1.807) is 36.1 Å². The van der Waals surface area contributed by atoms with E-state index in [1.807, 2.05) is 4.90 Å². The molecule has 1 aromatic heterocycles. The van der Waals surface area contributed by atoms with Crippen LogP contribution in [0, 0.1) is 5.82 Å². The first kappa shape index (κ1) is 17.0. The number of hydrogen-bond acceptors (Lipinski definition) is 4. The first-order chi connectivity index (χ1) is 12.1. The van der Waals surface area contributed by atoms with Gasteiger partial charge < -0.3 is 19.5 Å². The molecule has 1 N–H and O–H groups in total. The Balaban J connectivity index is 1.54. The molecule has 0 radical (unpaired) electrons. The number of para-hydroxylation sites is 1. The van der Waals surface area contributed by atoms with E-state index in [2.05, 4.69) is 5.32 Å². The van der Waals surface area contributed by atoms with Crippen LogP contribution in [0.1, 0.15) is 17.3 Å². The van der Waals surface area contributed by atoms with Gasteiger partial charge in [0, 0.05) is 26.2 Å². The van der Waals surface area contributed by atoms with Gasteiger partial charge in [-0.2, -0.15) is 0 Å². The third kappa shape index (κ3) is 3.81. The van der Waals surface area contributed by atoms with Crippen molar-refractivity contribution < 1.29 is 18.4 Å². The summed E-state index contributed by atoms with van der Waals surface area (Å²) in [6.07, 6.45) is 2.74. The summed E-state index contributed by atoms with van der Waals surface area (Å²) in [5, 5.41) is 2.67. The van der Waals surface area contributed by atoms with Crippen LogP contribution in [0.25, 0.3) is 0 Å². The Bertz CT molecular complexity index is 740. The van der Waals surface area contributed by atoms with Gasteiger partial charge in [-0.3, -0.25) is 9.59 Å². The van der Waals surface area contributed by atoms with Crippen molar-refractivity contribution in [3.8, 4) is 0 Å². The fourth-order valence-electron chi connectivity index (χ4n) is 2.89. The van der Waals surface area contributed by atoms with Crippen LogP contribution >= 0.6 is 0 Å². The van der Waals surface area contributed by atoms with Crippen molar-refractivity contribution in [2.24, 2.45) is 0 Å². The number of rotatable bonds is 4. The lowest BCUT2D eigenvalue weighted by Gasteiger charge is -2.37. The van der Waals surface area contributed by atoms with E-state index in [-0.39, 0.29) is 17.6 Å². The quantitative estimate of drug-likeness (QED) is 0.919. The molecule has 1 atom stereocenters. The highest BCUT2D eigenvalue weighted by Crippen LogP contribution is 2.20. The van der Waals surface area contributed by atoms with Crippen LogP contribution in [0.3, 0.4) is 0 Å². The molecule has 25 heavy (non-hydrogen) atoms. The number of carbonyl (C=O) groups is 2. The van der Waals surface area contributed by atoms with Crippen molar-refractivity contribution in [2.75, 3.05) is 31.1 Å². The topological polar surface area (TPSA) is 65.8 Å². The summed E-state index contributed by atoms with van der Waals surface area (Å²) in [4.78, 5) is 28.1. The van der Waals surface area contributed by atoms with Crippen molar-refractivity contribution in [3.63, 3.8) is 0 Å². The van der Waals surface area contributed by atoms with Gasteiger partial charge in [-0.15, -0.1) is 0 Å². The molecule has 1 aliphatic rings. The van der Waals surface area contributed by atoms with Gasteiger partial charge >= 0.3 is 0 Å². The molecule has 0 bridgehead atoms. The highest BCUT2D eigenvalue weighted by Gasteiger charge is 2.27. The van der Waals surface area contributed by atoms with Crippen LogP contribution in [-0.4, -0.2) is 48.9 Å². The summed E-state index contributed by atoms with van der Waals surface area (Å²) in [5.74, 6) is -0.757. The highest BCUT2D eigenvalue weighted by molar-refractivity contribution is 5.97. The molecule has 0 aliphatic carbocycles. The predicted octanol–water partition coefficient (Wildman–Crippen LogP) is 1.89. The van der Waals surface area contributed by atoms with Crippen molar-refractivity contribution in [1.29, 1.82) is 0 Å². The third-order valence-corrected chi connectivity index (χ3v) is 4.29. The van der Waals surface area contributed by atoms with Crippen LogP contribution in [0.5, 0.6) is 0 Å². The van der Waals surface area contributed by atoms with Gasteiger partial charge in [0.15, 0.2) is 0 Å². The molecule has 1 saturated heterocycles. The fourth-order valence-corrected chi connectivity index (χ4v) is 2.89. The zero-order chi connectivity index (χ0) is 17.8. The third-order valence-electron chi connectivity index (χ3n) is 4.29. The Kier molecular flexibility index (Phi) is 5.02. The van der Waals surface area contributed by atoms with E-state index < -0.39 is 6.04 Å². The SMILES string of the molecule is CC(NC(=O)c1ccoc1)C(=O)N1CCN(c2ccccc2F)CC1. The number of furan rings is 1. The highest BCUT2D eigenvalue weighted by atomic mass is 19.1. The summed E-state index contributed by atoms with van der Waals surface area (Å²) in [5.41, 5.74) is 0.930. The summed E-state index contributed by atoms with van der Waals surface area (Å²) < 4.78 is 18.7. The van der Waals surface area contributed by atoms with Gasteiger partial charge in [0.2, 0.25) is 5.91 Å². The molecule has 2 heterocycles. The molecule has 0 spiro atoms. The minimum atomic E-state index is -0.637. The molecule has 6 nitrogen and oxygen atoms in total. The smallest absolute Gasteiger partial charge is 0.255 e. The molecule has 1 fully saturated rings. The van der Waals surface area contributed by atoms with Crippen molar-refractivity contribution in [3.05, 3.63) is 54.2 Å². The van der Waals surface area contributed by atoms with E-state index in [0.29, 0.717) is 37.4 Å². The van der Waals surface area contributed by atoms with Gasteiger partial charge in [0.1, 0.15) is 18.1 Å². The number of anilines is 1. The maximum absolute atomic E-state index is 13.9. The second-order valence-electron chi connectivity index (χ2n) is 5.97. The van der Waals surface area contributed by atoms with E-state index in [0.717, 1.165) is 0 Å². The molecular weight excluding hydrogens is 325 g/mol. The Labute approximate surface area is 145 Å². The minimum Gasteiger partial charge on any atom is -0.472 e. The van der Waals surface area contributed by atoms with E-state index in [9.17, 15) is 14.0 Å². The summed E-state index contributed by atoms with van der Waals surface area (Å²) >= 11 is 0. The predicted molar refractivity (Wildman–Crippen MR) is 90.8 cm³/mol. The Morgan fingerprint density at radius 3 is 2.52 bits per heavy atom. The summed E-state index contributed by atoms with van der Waals surface area (Å²) in [7, 11) is 0. The number of nitrogens with zero attached hydrogens (tertiary/aromatic N) is 2. The lowest BCUT2D eigenvalue weighted by molar-refractivity contribution is -0.133. The molecule has 2 amide bonds. The molecule has 0 saturated carbocycles. The minimum absolute atomic E-state index is 0.148. The normalized spacial score (nSPS) is 15.8. The maximum Gasteiger partial charge on any atom is 0.255 e. The number of benzene rings is 1. The number of hydrogen-bond donors (Lipinski definition) is 1. The van der Waals surface area contributed by atoms with E-state index >= 15 is 0 Å². The van der Waals surface area contributed by atoms with Crippen LogP contribution in [-0.2, 0) is 4.79 Å². The fraction of sp³-hybridized carbons (Fsp3) is 0.333. The zero-order valence-corrected chi connectivity index (χ0v) is 13.9. The maximum atomic E-state index is 13.9. The second kappa shape index (κ2) is 7.38. The van der Waals surface area contributed by atoms with E-state index in [1.165, 1.54) is 18.6 Å². The largest absolute Gasteiger partial charge is 0.472 e. The van der Waals surface area contributed by atoms with Crippen LogP contribution in [0.4, 0.5) is 10.1 Å². The summed E-state index contributed by atoms with van der Waals surface area (Å²) in [6.45, 7) is 3.73. The average Bonchev–Trinajstić information content (AvgIpc) is 3.16. The van der Waals surface area contributed by atoms with Crippen molar-refractivity contribution in [2.45, 2.75) is 13.0 Å². The molecule has 132 valence electrons. The first-order valence-corrected chi connectivity index (χ1v) is 8.17. The lowest BCUT2D eigenvalue weighted by Crippen LogP contribution is -2.54. The average molecular weight is 345 g/mol. The molecule has 7 heteroatoms. The number of halogens is 1. The lowest BCUT2D eigenvalue weighted by atomic mass is 10.2. The monoisotopic (exact) mass is 345 g/mol. The second-order valence-corrected chi connectivity index (χ2v) is 5.97. The number of carbonyl (C=O) groups excluding carboxylic acids is 2. The van der Waals surface area contributed by atoms with Crippen LogP contribution in [0.2, 0.25) is 0 Å². The molecule has 3 rings (SSSR count). The molecule has 2 aromatic rings. The van der Waals surface area contributed by atoms with Gasteiger partial charge in [-0.05, 0) is 25.1 Å². The zero-order valence-electron chi connectivity index (χ0n) is 13.9. The van der Waals surface area contributed by atoms with Gasteiger partial charge in [0.05, 0.1) is 17.5 Å². The van der Waals surface area contributed by atoms with E-state index in [4.69, 9.17) is 4.42 Å². The Morgan fingerprint density at radius 2 is 1.88 bits per heavy atom. The van der Waals surface area contributed by atoms with Crippen molar-refractivity contribution in [1.82, 2.24) is 10.2 Å². The van der Waals surface area contributed by atoms with Crippen molar-refractivity contribution >= 4 is 17.5 Å². The Hall–Kier alpha value is -2.83. The van der Waals surface area contributed by atoms with Gasteiger partial charge in [-0.25, -0.2) is 4.39 Å². The summed E-state index contributed by atoms with van der Waals surface area (Å²) in [6, 6.07) is 7.52. The molecular formula is C18H20FN3O3. The van der Waals surface area contributed by atoms with Gasteiger partial charge in [-0.1, -0.05) is 12.1 Å². The van der Waals surface area contributed by atoms with Crippen LogP contribution in [0.15, 0.2) is 47.3 Å². The standard InChI is InChI=1S/C18H20FN3O3/c1-13(20-17(23)14-6-11-25-12-14)18(24)22-9-7-21(8-10-22)16-5-3-2-4-15(16)19/h2-6,11-13H,7-10H2,1H3,(H,20,23). The first-order valence-electron chi connectivity index (χ1n) is 8.17. The molecule has 1 unspecified atom stereocenters. The molecule has 1 aliphatic heterocycles. The van der Waals surface area contributed by atoms with Gasteiger partial charge in [0.25, 0.3) is 5.91 Å².